The summed E-state index contributed by atoms with van der Waals surface area (Å²) < 4.78 is 14.9. The van der Waals surface area contributed by atoms with E-state index in [1.165, 1.54) is 0 Å². The molecule has 0 aliphatic heterocycles. The van der Waals surface area contributed by atoms with Crippen molar-refractivity contribution < 1.29 is 24.1 Å². The first kappa shape index (κ1) is 14.6. The monoisotopic (exact) mass is 254 g/mol. The van der Waals surface area contributed by atoms with Gasteiger partial charge in [-0.3, -0.25) is 0 Å². The maximum absolute atomic E-state index is 11.5. The maximum Gasteiger partial charge on any atom is 0.340 e. The van der Waals surface area contributed by atoms with Crippen LogP contribution >= 0.6 is 0 Å². The summed E-state index contributed by atoms with van der Waals surface area (Å²) in [5.74, 6) is -0.573. The SMILES string of the molecule is CCOCCOCC(O)OC(=O)c1ccccc1. The van der Waals surface area contributed by atoms with Crippen LogP contribution in [-0.4, -0.2) is 43.8 Å². The minimum absolute atomic E-state index is 0.0638. The Morgan fingerprint density at radius 2 is 1.89 bits per heavy atom. The normalized spacial score (nSPS) is 12.1. The van der Waals surface area contributed by atoms with E-state index in [0.29, 0.717) is 25.4 Å². The highest BCUT2D eigenvalue weighted by Crippen LogP contribution is 2.03. The average molecular weight is 254 g/mol. The molecule has 5 heteroatoms. The van der Waals surface area contributed by atoms with Gasteiger partial charge in [0.25, 0.3) is 0 Å². The van der Waals surface area contributed by atoms with Crippen LogP contribution < -0.4 is 0 Å². The predicted molar refractivity (Wildman–Crippen MR) is 65.2 cm³/mol. The maximum atomic E-state index is 11.5. The van der Waals surface area contributed by atoms with Crippen LogP contribution in [0.1, 0.15) is 17.3 Å². The summed E-state index contributed by atoms with van der Waals surface area (Å²) in [7, 11) is 0. The Morgan fingerprint density at radius 3 is 2.56 bits per heavy atom. The average Bonchev–Trinajstić information content (AvgIpc) is 2.39. The van der Waals surface area contributed by atoms with Gasteiger partial charge in [0, 0.05) is 6.61 Å². The van der Waals surface area contributed by atoms with Gasteiger partial charge in [-0.2, -0.15) is 0 Å². The minimum atomic E-state index is -1.26. The van der Waals surface area contributed by atoms with E-state index in [1.807, 2.05) is 6.92 Å². The minimum Gasteiger partial charge on any atom is -0.430 e. The molecule has 0 aliphatic carbocycles. The molecule has 1 aromatic rings. The highest BCUT2D eigenvalue weighted by atomic mass is 16.7. The van der Waals surface area contributed by atoms with Crippen molar-refractivity contribution in [2.75, 3.05) is 26.4 Å². The van der Waals surface area contributed by atoms with Crippen molar-refractivity contribution in [3.63, 3.8) is 0 Å². The fourth-order valence-electron chi connectivity index (χ4n) is 1.25. The number of ether oxygens (including phenoxy) is 3. The molecule has 0 saturated heterocycles. The Balaban J connectivity index is 2.20. The molecule has 0 saturated carbocycles. The molecular weight excluding hydrogens is 236 g/mol. The molecule has 0 aliphatic rings. The summed E-state index contributed by atoms with van der Waals surface area (Å²) in [5.41, 5.74) is 0.394. The van der Waals surface area contributed by atoms with Crippen molar-refractivity contribution >= 4 is 5.97 Å². The van der Waals surface area contributed by atoms with Crippen LogP contribution in [0.2, 0.25) is 0 Å². The van der Waals surface area contributed by atoms with E-state index in [9.17, 15) is 9.90 Å². The van der Waals surface area contributed by atoms with E-state index in [4.69, 9.17) is 14.2 Å². The van der Waals surface area contributed by atoms with Crippen LogP contribution in [0.25, 0.3) is 0 Å². The first-order valence-corrected chi connectivity index (χ1v) is 5.83. The van der Waals surface area contributed by atoms with Gasteiger partial charge in [-0.05, 0) is 19.1 Å². The highest BCUT2D eigenvalue weighted by Gasteiger charge is 2.12. The topological polar surface area (TPSA) is 65.0 Å². The van der Waals surface area contributed by atoms with Gasteiger partial charge >= 0.3 is 5.97 Å². The zero-order valence-electron chi connectivity index (χ0n) is 10.4. The molecular formula is C13H18O5. The van der Waals surface area contributed by atoms with Gasteiger partial charge in [0.1, 0.15) is 6.61 Å². The summed E-state index contributed by atoms with van der Waals surface area (Å²) in [5, 5.41) is 9.43. The molecule has 1 unspecified atom stereocenters. The second-order valence-electron chi connectivity index (χ2n) is 3.50. The first-order chi connectivity index (χ1) is 8.74. The smallest absolute Gasteiger partial charge is 0.340 e. The van der Waals surface area contributed by atoms with E-state index in [2.05, 4.69) is 0 Å². The summed E-state index contributed by atoms with van der Waals surface area (Å²) in [6.07, 6.45) is -1.26. The van der Waals surface area contributed by atoms with Crippen LogP contribution in [-0.2, 0) is 14.2 Å². The quantitative estimate of drug-likeness (QED) is 0.429. The Kier molecular flexibility index (Phi) is 7.01. The van der Waals surface area contributed by atoms with Gasteiger partial charge in [0.2, 0.25) is 6.29 Å². The molecule has 5 nitrogen and oxygen atoms in total. The summed E-state index contributed by atoms with van der Waals surface area (Å²) >= 11 is 0. The van der Waals surface area contributed by atoms with Gasteiger partial charge < -0.3 is 19.3 Å². The Bertz CT molecular complexity index is 338. The molecule has 1 N–H and O–H groups in total. The van der Waals surface area contributed by atoms with Crippen LogP contribution in [0.15, 0.2) is 30.3 Å². The Morgan fingerprint density at radius 1 is 1.22 bits per heavy atom. The molecule has 0 aromatic heterocycles. The van der Waals surface area contributed by atoms with Crippen molar-refractivity contribution in [3.05, 3.63) is 35.9 Å². The number of aliphatic hydroxyl groups excluding tert-OH is 1. The number of benzene rings is 1. The van der Waals surface area contributed by atoms with Gasteiger partial charge in [-0.1, -0.05) is 18.2 Å². The van der Waals surface area contributed by atoms with Crippen molar-refractivity contribution in [3.8, 4) is 0 Å². The lowest BCUT2D eigenvalue weighted by atomic mass is 10.2. The van der Waals surface area contributed by atoms with Crippen molar-refractivity contribution in [1.82, 2.24) is 0 Å². The molecule has 0 fully saturated rings. The zero-order valence-corrected chi connectivity index (χ0v) is 10.4. The number of rotatable bonds is 8. The van der Waals surface area contributed by atoms with Gasteiger partial charge in [-0.25, -0.2) is 4.79 Å². The third kappa shape index (κ3) is 5.77. The van der Waals surface area contributed by atoms with Crippen LogP contribution in [0, 0.1) is 0 Å². The van der Waals surface area contributed by atoms with E-state index < -0.39 is 12.3 Å². The van der Waals surface area contributed by atoms with Gasteiger partial charge in [-0.15, -0.1) is 0 Å². The Labute approximate surface area is 106 Å². The molecule has 100 valence electrons. The lowest BCUT2D eigenvalue weighted by molar-refractivity contribution is -0.110. The summed E-state index contributed by atoms with van der Waals surface area (Å²) in [6.45, 7) is 3.25. The second kappa shape index (κ2) is 8.63. The van der Waals surface area contributed by atoms with E-state index in [0.717, 1.165) is 0 Å². The van der Waals surface area contributed by atoms with Crippen molar-refractivity contribution in [2.45, 2.75) is 13.2 Å². The third-order valence-electron chi connectivity index (χ3n) is 2.09. The van der Waals surface area contributed by atoms with E-state index in [-0.39, 0.29) is 6.61 Å². The molecule has 0 bridgehead atoms. The largest absolute Gasteiger partial charge is 0.430 e. The van der Waals surface area contributed by atoms with E-state index in [1.54, 1.807) is 30.3 Å². The number of esters is 1. The fourth-order valence-corrected chi connectivity index (χ4v) is 1.25. The predicted octanol–water partition coefficient (Wildman–Crippen LogP) is 1.21. The fraction of sp³-hybridized carbons (Fsp3) is 0.462. The number of hydrogen-bond acceptors (Lipinski definition) is 5. The molecule has 1 aromatic carbocycles. The van der Waals surface area contributed by atoms with Crippen molar-refractivity contribution in [1.29, 1.82) is 0 Å². The zero-order chi connectivity index (χ0) is 13.2. The molecule has 1 rings (SSSR count). The molecule has 0 heterocycles. The number of hydrogen-bond donors (Lipinski definition) is 1. The van der Waals surface area contributed by atoms with E-state index >= 15 is 0 Å². The van der Waals surface area contributed by atoms with Gasteiger partial charge in [0.15, 0.2) is 0 Å². The number of carbonyl (C=O) groups is 1. The van der Waals surface area contributed by atoms with Crippen molar-refractivity contribution in [2.24, 2.45) is 0 Å². The number of carbonyl (C=O) groups excluding carboxylic acids is 1. The highest BCUT2D eigenvalue weighted by molar-refractivity contribution is 5.89. The van der Waals surface area contributed by atoms with Crippen LogP contribution in [0.3, 0.4) is 0 Å². The number of aliphatic hydroxyl groups is 1. The molecule has 0 amide bonds. The molecule has 18 heavy (non-hydrogen) atoms. The first-order valence-electron chi connectivity index (χ1n) is 5.83. The standard InChI is InChI=1S/C13H18O5/c1-2-16-8-9-17-10-12(14)18-13(15)11-6-4-3-5-7-11/h3-7,12,14H,2,8-10H2,1H3. The summed E-state index contributed by atoms with van der Waals surface area (Å²) in [6, 6.07) is 8.48. The van der Waals surface area contributed by atoms with Crippen LogP contribution in [0.5, 0.6) is 0 Å². The van der Waals surface area contributed by atoms with Crippen LogP contribution in [0.4, 0.5) is 0 Å². The lowest BCUT2D eigenvalue weighted by Crippen LogP contribution is -2.24. The summed E-state index contributed by atoms with van der Waals surface area (Å²) in [4.78, 5) is 11.5. The molecule has 0 spiro atoms. The molecule has 0 radical (unpaired) electrons. The second-order valence-corrected chi connectivity index (χ2v) is 3.50. The molecule has 1 atom stereocenters. The van der Waals surface area contributed by atoms with Gasteiger partial charge in [0.05, 0.1) is 18.8 Å². The third-order valence-corrected chi connectivity index (χ3v) is 2.09. The lowest BCUT2D eigenvalue weighted by Gasteiger charge is -2.12. The Hall–Kier alpha value is -1.43.